The van der Waals surface area contributed by atoms with Gasteiger partial charge >= 0.3 is 0 Å². The summed E-state index contributed by atoms with van der Waals surface area (Å²) in [7, 11) is 4.73. The summed E-state index contributed by atoms with van der Waals surface area (Å²) < 4.78 is 16.4. The second-order valence-corrected chi connectivity index (χ2v) is 5.88. The van der Waals surface area contributed by atoms with E-state index in [9.17, 15) is 4.79 Å². The van der Waals surface area contributed by atoms with E-state index in [1.807, 2.05) is 24.3 Å². The monoisotopic (exact) mass is 427 g/mol. The summed E-state index contributed by atoms with van der Waals surface area (Å²) in [6, 6.07) is 11.0. The highest BCUT2D eigenvalue weighted by molar-refractivity contribution is 14.1. The predicted octanol–water partition coefficient (Wildman–Crippen LogP) is 3.25. The number of ether oxygens (including phenoxy) is 3. The maximum Gasteiger partial charge on any atom is 0.252 e. The van der Waals surface area contributed by atoms with Crippen LogP contribution in [-0.4, -0.2) is 27.2 Å². The van der Waals surface area contributed by atoms with Crippen molar-refractivity contribution in [3.63, 3.8) is 0 Å². The van der Waals surface area contributed by atoms with Crippen molar-refractivity contribution in [1.29, 1.82) is 0 Å². The van der Waals surface area contributed by atoms with Crippen LogP contribution in [0.3, 0.4) is 0 Å². The molecule has 122 valence electrons. The Morgan fingerprint density at radius 3 is 2.17 bits per heavy atom. The number of methoxy groups -OCH3 is 3. The Morgan fingerprint density at radius 1 is 1.00 bits per heavy atom. The molecule has 0 aliphatic rings. The van der Waals surface area contributed by atoms with Gasteiger partial charge in [-0.2, -0.15) is 0 Å². The number of hydrogen-bond acceptors (Lipinski definition) is 4. The van der Waals surface area contributed by atoms with Gasteiger partial charge in [0.05, 0.1) is 26.9 Å². The van der Waals surface area contributed by atoms with E-state index < -0.39 is 0 Å². The van der Waals surface area contributed by atoms with Crippen LogP contribution in [0.1, 0.15) is 15.9 Å². The summed E-state index contributed by atoms with van der Waals surface area (Å²) in [5.74, 6) is 1.76. The van der Waals surface area contributed by atoms with Gasteiger partial charge in [-0.15, -0.1) is 0 Å². The van der Waals surface area contributed by atoms with Crippen molar-refractivity contribution < 1.29 is 19.0 Å². The van der Waals surface area contributed by atoms with Crippen molar-refractivity contribution in [3.8, 4) is 17.2 Å². The number of amides is 1. The third-order valence-corrected chi connectivity index (χ3v) is 4.22. The standard InChI is InChI=1S/C17H18INO4/c1-21-12-6-4-11(5-7-12)10-19-17(20)13-8-15(22-2)16(23-3)9-14(13)18/h4-9H,10H2,1-3H3,(H,19,20). The fourth-order valence-corrected chi connectivity index (χ4v) is 2.73. The van der Waals surface area contributed by atoms with Crippen molar-refractivity contribution in [3.05, 3.63) is 51.1 Å². The summed E-state index contributed by atoms with van der Waals surface area (Å²) in [6.45, 7) is 0.438. The van der Waals surface area contributed by atoms with Crippen molar-refractivity contribution >= 4 is 28.5 Å². The lowest BCUT2D eigenvalue weighted by molar-refractivity contribution is 0.0949. The van der Waals surface area contributed by atoms with Gasteiger partial charge in [-0.1, -0.05) is 12.1 Å². The Morgan fingerprint density at radius 2 is 1.61 bits per heavy atom. The molecule has 2 aromatic carbocycles. The highest BCUT2D eigenvalue weighted by Gasteiger charge is 2.15. The lowest BCUT2D eigenvalue weighted by Gasteiger charge is -2.12. The molecule has 0 aliphatic carbocycles. The first kappa shape index (κ1) is 17.4. The zero-order valence-electron chi connectivity index (χ0n) is 13.2. The van der Waals surface area contributed by atoms with E-state index >= 15 is 0 Å². The number of rotatable bonds is 6. The van der Waals surface area contributed by atoms with E-state index in [4.69, 9.17) is 14.2 Å². The molecule has 6 heteroatoms. The molecule has 23 heavy (non-hydrogen) atoms. The van der Waals surface area contributed by atoms with Crippen LogP contribution in [0.5, 0.6) is 17.2 Å². The van der Waals surface area contributed by atoms with Crippen LogP contribution in [0.2, 0.25) is 0 Å². The van der Waals surface area contributed by atoms with Gasteiger partial charge in [0.15, 0.2) is 11.5 Å². The molecule has 1 amide bonds. The van der Waals surface area contributed by atoms with E-state index in [1.54, 1.807) is 33.5 Å². The number of carbonyl (C=O) groups excluding carboxylic acids is 1. The molecular formula is C17H18INO4. The van der Waals surface area contributed by atoms with Gasteiger partial charge in [-0.25, -0.2) is 0 Å². The second kappa shape index (κ2) is 8.05. The molecule has 0 aliphatic heterocycles. The Balaban J connectivity index is 2.10. The molecule has 0 saturated carbocycles. The lowest BCUT2D eigenvalue weighted by atomic mass is 10.1. The van der Waals surface area contributed by atoms with Crippen LogP contribution in [0.4, 0.5) is 0 Å². The van der Waals surface area contributed by atoms with Crippen LogP contribution in [-0.2, 0) is 6.54 Å². The van der Waals surface area contributed by atoms with Crippen molar-refractivity contribution in [2.45, 2.75) is 6.54 Å². The van der Waals surface area contributed by atoms with Crippen LogP contribution < -0.4 is 19.5 Å². The molecule has 1 N–H and O–H groups in total. The minimum atomic E-state index is -0.161. The molecular weight excluding hydrogens is 409 g/mol. The molecule has 0 saturated heterocycles. The maximum atomic E-state index is 12.4. The Bertz CT molecular complexity index is 686. The number of benzene rings is 2. The number of nitrogens with one attached hydrogen (secondary N) is 1. The first-order chi connectivity index (χ1) is 11.1. The Labute approximate surface area is 149 Å². The molecule has 2 aromatic rings. The van der Waals surface area contributed by atoms with Gasteiger partial charge in [0.2, 0.25) is 0 Å². The second-order valence-electron chi connectivity index (χ2n) is 4.72. The average Bonchev–Trinajstić information content (AvgIpc) is 2.59. The van der Waals surface area contributed by atoms with E-state index in [0.717, 1.165) is 14.9 Å². The third-order valence-electron chi connectivity index (χ3n) is 3.33. The minimum absolute atomic E-state index is 0.161. The molecule has 5 nitrogen and oxygen atoms in total. The van der Waals surface area contributed by atoms with Crippen LogP contribution in [0, 0.1) is 3.57 Å². The first-order valence-corrected chi connectivity index (χ1v) is 7.99. The smallest absolute Gasteiger partial charge is 0.252 e. The SMILES string of the molecule is COc1ccc(CNC(=O)c2cc(OC)c(OC)cc2I)cc1. The number of carbonyl (C=O) groups is 1. The summed E-state index contributed by atoms with van der Waals surface area (Å²) >= 11 is 2.11. The lowest BCUT2D eigenvalue weighted by Crippen LogP contribution is -2.23. The topological polar surface area (TPSA) is 56.8 Å². The van der Waals surface area contributed by atoms with Crippen molar-refractivity contribution in [1.82, 2.24) is 5.32 Å². The number of hydrogen-bond donors (Lipinski definition) is 1. The van der Waals surface area contributed by atoms with Crippen LogP contribution >= 0.6 is 22.6 Å². The van der Waals surface area contributed by atoms with Gasteiger partial charge in [-0.3, -0.25) is 4.79 Å². The van der Waals surface area contributed by atoms with Gasteiger partial charge in [0.1, 0.15) is 5.75 Å². The first-order valence-electron chi connectivity index (χ1n) is 6.91. The normalized spacial score (nSPS) is 10.1. The van der Waals surface area contributed by atoms with E-state index in [-0.39, 0.29) is 5.91 Å². The van der Waals surface area contributed by atoms with Crippen LogP contribution in [0.15, 0.2) is 36.4 Å². The molecule has 0 heterocycles. The van der Waals surface area contributed by atoms with Gasteiger partial charge < -0.3 is 19.5 Å². The number of halogens is 1. The zero-order valence-corrected chi connectivity index (χ0v) is 15.3. The molecule has 0 fully saturated rings. The van der Waals surface area contributed by atoms with Gasteiger partial charge in [0, 0.05) is 10.1 Å². The summed E-state index contributed by atoms with van der Waals surface area (Å²) in [6.07, 6.45) is 0. The maximum absolute atomic E-state index is 12.4. The van der Waals surface area contributed by atoms with Gasteiger partial charge in [-0.05, 0) is 52.4 Å². The average molecular weight is 427 g/mol. The molecule has 0 unspecified atom stereocenters. The molecule has 0 radical (unpaired) electrons. The molecule has 0 bridgehead atoms. The van der Waals surface area contributed by atoms with E-state index in [1.165, 1.54) is 0 Å². The van der Waals surface area contributed by atoms with Crippen LogP contribution in [0.25, 0.3) is 0 Å². The largest absolute Gasteiger partial charge is 0.497 e. The predicted molar refractivity (Wildman–Crippen MR) is 96.4 cm³/mol. The minimum Gasteiger partial charge on any atom is -0.497 e. The third kappa shape index (κ3) is 4.28. The molecule has 0 spiro atoms. The fraction of sp³-hybridized carbons (Fsp3) is 0.235. The highest BCUT2D eigenvalue weighted by Crippen LogP contribution is 2.31. The Hall–Kier alpha value is -1.96. The highest BCUT2D eigenvalue weighted by atomic mass is 127. The summed E-state index contributed by atoms with van der Waals surface area (Å²) in [4.78, 5) is 12.4. The van der Waals surface area contributed by atoms with Gasteiger partial charge in [0.25, 0.3) is 5.91 Å². The van der Waals surface area contributed by atoms with E-state index in [2.05, 4.69) is 27.9 Å². The molecule has 0 aromatic heterocycles. The molecule has 2 rings (SSSR count). The summed E-state index contributed by atoms with van der Waals surface area (Å²) in [5.41, 5.74) is 1.55. The van der Waals surface area contributed by atoms with E-state index in [0.29, 0.717) is 23.6 Å². The quantitative estimate of drug-likeness (QED) is 0.720. The summed E-state index contributed by atoms with van der Waals surface area (Å²) in [5, 5.41) is 2.90. The fourth-order valence-electron chi connectivity index (χ4n) is 2.05. The zero-order chi connectivity index (χ0) is 16.8. The Kier molecular flexibility index (Phi) is 6.09. The van der Waals surface area contributed by atoms with Crippen molar-refractivity contribution in [2.24, 2.45) is 0 Å². The van der Waals surface area contributed by atoms with Crippen molar-refractivity contribution in [2.75, 3.05) is 21.3 Å². The molecule has 0 atom stereocenters.